The van der Waals surface area contributed by atoms with Crippen molar-refractivity contribution in [2.24, 2.45) is 5.92 Å². The summed E-state index contributed by atoms with van der Waals surface area (Å²) >= 11 is 1.93. The summed E-state index contributed by atoms with van der Waals surface area (Å²) in [7, 11) is 0. The molecule has 2 aliphatic carbocycles. The molecule has 15 heavy (non-hydrogen) atoms. The Kier molecular flexibility index (Phi) is 1.47. The van der Waals surface area contributed by atoms with Gasteiger partial charge in [0, 0.05) is 22.7 Å². The average molecular weight is 216 g/mol. The van der Waals surface area contributed by atoms with E-state index >= 15 is 0 Å². The molecule has 2 aromatic rings. The summed E-state index contributed by atoms with van der Waals surface area (Å²) in [6, 6.07) is 2.32. The van der Waals surface area contributed by atoms with E-state index in [4.69, 9.17) is 0 Å². The molecule has 0 radical (unpaired) electrons. The van der Waals surface area contributed by atoms with Crippen LogP contribution in [0.15, 0.2) is 24.0 Å². The Labute approximate surface area is 92.4 Å². The minimum Gasteiger partial charge on any atom is -0.348 e. The van der Waals surface area contributed by atoms with E-state index in [2.05, 4.69) is 21.4 Å². The fourth-order valence-corrected chi connectivity index (χ4v) is 4.33. The Morgan fingerprint density at radius 1 is 1.47 bits per heavy atom. The molecule has 3 atom stereocenters. The van der Waals surface area contributed by atoms with E-state index in [1.807, 2.05) is 17.5 Å². The first-order chi connectivity index (χ1) is 7.43. The van der Waals surface area contributed by atoms with E-state index in [9.17, 15) is 0 Å². The molecule has 2 aromatic heterocycles. The molecule has 0 aromatic carbocycles. The van der Waals surface area contributed by atoms with Gasteiger partial charge in [-0.05, 0) is 41.7 Å². The van der Waals surface area contributed by atoms with Crippen molar-refractivity contribution in [2.75, 3.05) is 0 Å². The quantitative estimate of drug-likeness (QED) is 0.780. The van der Waals surface area contributed by atoms with Crippen molar-refractivity contribution in [1.29, 1.82) is 0 Å². The Morgan fingerprint density at radius 3 is 3.33 bits per heavy atom. The number of fused-ring (bicyclic) bond motifs is 4. The second-order valence-corrected chi connectivity index (χ2v) is 5.64. The van der Waals surface area contributed by atoms with Crippen molar-refractivity contribution >= 4 is 11.3 Å². The number of hydrogen-bond donors (Lipinski definition) is 1. The van der Waals surface area contributed by atoms with E-state index in [1.54, 1.807) is 16.8 Å². The van der Waals surface area contributed by atoms with Crippen LogP contribution in [0.3, 0.4) is 0 Å². The van der Waals surface area contributed by atoms with E-state index in [1.165, 1.54) is 18.5 Å². The second kappa shape index (κ2) is 2.73. The second-order valence-electron chi connectivity index (χ2n) is 4.64. The molecule has 0 aliphatic heterocycles. The number of nitrogens with zero attached hydrogens (tertiary/aromatic N) is 1. The molecule has 0 amide bonds. The van der Waals surface area contributed by atoms with Gasteiger partial charge in [0.05, 0.1) is 6.33 Å². The largest absolute Gasteiger partial charge is 0.348 e. The normalized spacial score (nSPS) is 32.1. The van der Waals surface area contributed by atoms with Gasteiger partial charge in [-0.2, -0.15) is 0 Å². The van der Waals surface area contributed by atoms with Gasteiger partial charge in [-0.1, -0.05) is 0 Å². The number of H-pyrrole nitrogens is 1. The fraction of sp³-hybridized carbons (Fsp3) is 0.417. The zero-order chi connectivity index (χ0) is 9.83. The molecular formula is C12H12N2S. The molecule has 1 fully saturated rings. The lowest BCUT2D eigenvalue weighted by molar-refractivity contribution is 0.182. The Morgan fingerprint density at radius 2 is 2.47 bits per heavy atom. The van der Waals surface area contributed by atoms with Crippen molar-refractivity contribution in [2.45, 2.75) is 24.7 Å². The van der Waals surface area contributed by atoms with Crippen LogP contribution in [0.5, 0.6) is 0 Å². The van der Waals surface area contributed by atoms with Crippen molar-refractivity contribution in [3.8, 4) is 0 Å². The van der Waals surface area contributed by atoms with Gasteiger partial charge < -0.3 is 4.98 Å². The molecule has 3 heteroatoms. The highest BCUT2D eigenvalue weighted by Crippen LogP contribution is 2.59. The Balaban J connectivity index is 1.78. The SMILES string of the molecule is c1ncc(C2C3Cc4sccc4C2C3)[nH]1. The summed E-state index contributed by atoms with van der Waals surface area (Å²) in [5.41, 5.74) is 2.95. The maximum absolute atomic E-state index is 4.14. The number of thiophene rings is 1. The standard InChI is InChI=1S/C12H12N2S/c1-2-15-11-4-7-3-9(8(1)11)12(7)10-5-13-6-14-10/h1-2,5-7,9,12H,3-4H2,(H,13,14). The van der Waals surface area contributed by atoms with Crippen LogP contribution < -0.4 is 0 Å². The minimum atomic E-state index is 0.717. The molecule has 3 unspecified atom stereocenters. The lowest BCUT2D eigenvalue weighted by Crippen LogP contribution is -2.38. The first kappa shape index (κ1) is 8.11. The van der Waals surface area contributed by atoms with Gasteiger partial charge in [-0.25, -0.2) is 4.98 Å². The van der Waals surface area contributed by atoms with Gasteiger partial charge in [0.2, 0.25) is 0 Å². The molecule has 2 nitrogen and oxygen atoms in total. The van der Waals surface area contributed by atoms with Crippen LogP contribution in [0, 0.1) is 5.92 Å². The van der Waals surface area contributed by atoms with Gasteiger partial charge in [0.15, 0.2) is 0 Å². The number of imidazole rings is 1. The molecule has 2 heterocycles. The van der Waals surface area contributed by atoms with Gasteiger partial charge in [0.25, 0.3) is 0 Å². The predicted octanol–water partition coefficient (Wildman–Crippen LogP) is 2.91. The predicted molar refractivity (Wildman–Crippen MR) is 60.2 cm³/mol. The van der Waals surface area contributed by atoms with Crippen LogP contribution in [-0.2, 0) is 6.42 Å². The first-order valence-electron chi connectivity index (χ1n) is 5.48. The van der Waals surface area contributed by atoms with E-state index in [0.29, 0.717) is 0 Å². The lowest BCUT2D eigenvalue weighted by Gasteiger charge is -2.48. The summed E-state index contributed by atoms with van der Waals surface area (Å²) < 4.78 is 0. The minimum absolute atomic E-state index is 0.717. The van der Waals surface area contributed by atoms with Crippen LogP contribution in [0.25, 0.3) is 0 Å². The molecular weight excluding hydrogens is 204 g/mol. The number of nitrogens with one attached hydrogen (secondary N) is 1. The molecule has 1 N–H and O–H groups in total. The van der Waals surface area contributed by atoms with Crippen molar-refractivity contribution in [3.05, 3.63) is 40.1 Å². The number of rotatable bonds is 1. The number of aromatic amines is 1. The topological polar surface area (TPSA) is 28.7 Å². The summed E-state index contributed by atoms with van der Waals surface area (Å²) in [5, 5.41) is 2.25. The maximum atomic E-state index is 4.14. The van der Waals surface area contributed by atoms with Gasteiger partial charge >= 0.3 is 0 Å². The number of hydrogen-bond acceptors (Lipinski definition) is 2. The molecule has 76 valence electrons. The first-order valence-corrected chi connectivity index (χ1v) is 6.36. The summed E-state index contributed by atoms with van der Waals surface area (Å²) in [6.07, 6.45) is 6.47. The maximum Gasteiger partial charge on any atom is 0.0921 e. The third-order valence-corrected chi connectivity index (χ3v) is 4.96. The van der Waals surface area contributed by atoms with E-state index in [0.717, 1.165) is 17.8 Å². The number of aromatic nitrogens is 2. The molecule has 1 saturated carbocycles. The van der Waals surface area contributed by atoms with Crippen molar-refractivity contribution in [3.63, 3.8) is 0 Å². The third-order valence-electron chi connectivity index (χ3n) is 4.00. The highest BCUT2D eigenvalue weighted by Gasteiger charge is 2.48. The van der Waals surface area contributed by atoms with Crippen LogP contribution in [0.2, 0.25) is 0 Å². The molecule has 2 aliphatic rings. The zero-order valence-electron chi connectivity index (χ0n) is 8.31. The molecule has 0 spiro atoms. The van der Waals surface area contributed by atoms with Crippen molar-refractivity contribution < 1.29 is 0 Å². The van der Waals surface area contributed by atoms with E-state index in [-0.39, 0.29) is 0 Å². The zero-order valence-corrected chi connectivity index (χ0v) is 9.13. The van der Waals surface area contributed by atoms with Crippen LogP contribution in [-0.4, -0.2) is 9.97 Å². The van der Waals surface area contributed by atoms with Crippen LogP contribution >= 0.6 is 11.3 Å². The van der Waals surface area contributed by atoms with Gasteiger partial charge in [-0.3, -0.25) is 0 Å². The Bertz CT molecular complexity index is 485. The van der Waals surface area contributed by atoms with Crippen molar-refractivity contribution in [1.82, 2.24) is 9.97 Å². The molecule has 2 bridgehead atoms. The average Bonchev–Trinajstić information content (AvgIpc) is 2.84. The van der Waals surface area contributed by atoms with Gasteiger partial charge in [-0.15, -0.1) is 11.3 Å². The summed E-state index contributed by atoms with van der Waals surface area (Å²) in [5.74, 6) is 2.35. The fourth-order valence-electron chi connectivity index (χ4n) is 3.29. The van der Waals surface area contributed by atoms with E-state index < -0.39 is 0 Å². The summed E-state index contributed by atoms with van der Waals surface area (Å²) in [6.45, 7) is 0. The Hall–Kier alpha value is -1.09. The molecule has 4 rings (SSSR count). The van der Waals surface area contributed by atoms with Crippen LogP contribution in [0.1, 0.15) is 34.4 Å². The third kappa shape index (κ3) is 0.965. The van der Waals surface area contributed by atoms with Gasteiger partial charge in [0.1, 0.15) is 0 Å². The monoisotopic (exact) mass is 216 g/mol. The lowest BCUT2D eigenvalue weighted by atomic mass is 9.56. The van der Waals surface area contributed by atoms with Crippen LogP contribution in [0.4, 0.5) is 0 Å². The molecule has 0 saturated heterocycles. The summed E-state index contributed by atoms with van der Waals surface area (Å²) in [4.78, 5) is 9.06. The smallest absolute Gasteiger partial charge is 0.0921 e. The highest BCUT2D eigenvalue weighted by atomic mass is 32.1. The highest BCUT2D eigenvalue weighted by molar-refractivity contribution is 7.10.